The van der Waals surface area contributed by atoms with E-state index in [1.165, 1.54) is 12.7 Å². The lowest BCUT2D eigenvalue weighted by Crippen LogP contribution is -2.25. The van der Waals surface area contributed by atoms with Crippen LogP contribution in [0.15, 0.2) is 12.7 Å². The number of imidazole rings is 1. The molecule has 0 amide bonds. The fourth-order valence-corrected chi connectivity index (χ4v) is 2.53. The van der Waals surface area contributed by atoms with Crippen molar-refractivity contribution in [3.05, 3.63) is 12.7 Å². The molecule has 3 heterocycles. The Balaban J connectivity index is 1.81. The molecule has 21 heavy (non-hydrogen) atoms. The quantitative estimate of drug-likeness (QED) is 0.648. The van der Waals surface area contributed by atoms with Crippen LogP contribution in [0.2, 0.25) is 0 Å². The van der Waals surface area contributed by atoms with Gasteiger partial charge in [-0.25, -0.2) is 19.5 Å². The first-order valence-electron chi connectivity index (χ1n) is 6.12. The van der Waals surface area contributed by atoms with Crippen LogP contribution in [0.4, 0.5) is 5.82 Å². The van der Waals surface area contributed by atoms with Crippen molar-refractivity contribution in [2.75, 3.05) is 12.3 Å². The molecule has 4 atom stereocenters. The Bertz CT molecular complexity index is 679. The highest BCUT2D eigenvalue weighted by Gasteiger charge is 2.36. The molecule has 0 bridgehead atoms. The Kier molecular flexibility index (Phi) is 3.79. The molecule has 11 heteroatoms. The molecule has 2 aromatic heterocycles. The summed E-state index contributed by atoms with van der Waals surface area (Å²) in [6.45, 7) is -0.173. The van der Waals surface area contributed by atoms with Gasteiger partial charge < -0.3 is 15.6 Å². The molecule has 0 spiro atoms. The number of aliphatic hydroxyl groups excluding tert-OH is 1. The first kappa shape index (κ1) is 14.2. The van der Waals surface area contributed by atoms with Crippen LogP contribution in [0.1, 0.15) is 12.6 Å². The van der Waals surface area contributed by atoms with E-state index in [1.54, 1.807) is 4.57 Å². The maximum atomic E-state index is 10.5. The predicted molar refractivity (Wildman–Crippen MR) is 70.0 cm³/mol. The molecule has 0 aromatic carbocycles. The minimum absolute atomic E-state index is 0.173. The van der Waals surface area contributed by atoms with Crippen molar-refractivity contribution in [1.29, 1.82) is 0 Å². The number of ether oxygens (including phenoxy) is 1. The van der Waals surface area contributed by atoms with E-state index in [4.69, 9.17) is 15.4 Å². The number of hydrogen-bond donors (Lipinski definition) is 3. The molecular weight excluding hydrogens is 301 g/mol. The van der Waals surface area contributed by atoms with Gasteiger partial charge >= 0.3 is 8.25 Å². The van der Waals surface area contributed by atoms with Crippen molar-refractivity contribution in [3.8, 4) is 0 Å². The molecular formula is C10H13N5O5P. The van der Waals surface area contributed by atoms with Crippen LogP contribution in [0.25, 0.3) is 11.2 Å². The van der Waals surface area contributed by atoms with Gasteiger partial charge in [0.05, 0.1) is 19.0 Å². The van der Waals surface area contributed by atoms with E-state index in [0.29, 0.717) is 11.2 Å². The first-order valence-corrected chi connectivity index (χ1v) is 7.25. The lowest BCUT2D eigenvalue weighted by molar-refractivity contribution is -0.0384. The Morgan fingerprint density at radius 2 is 2.33 bits per heavy atom. The third-order valence-electron chi connectivity index (χ3n) is 3.25. The summed E-state index contributed by atoms with van der Waals surface area (Å²) in [5.41, 5.74) is 6.65. The molecule has 0 saturated carbocycles. The third kappa shape index (κ3) is 2.71. The molecule has 3 rings (SSSR count). The minimum Gasteiger partial charge on any atom is -0.390 e. The Morgan fingerprint density at radius 1 is 1.52 bits per heavy atom. The van der Waals surface area contributed by atoms with Gasteiger partial charge in [0, 0.05) is 6.42 Å². The van der Waals surface area contributed by atoms with Crippen molar-refractivity contribution < 1.29 is 23.8 Å². The zero-order chi connectivity index (χ0) is 15.0. The van der Waals surface area contributed by atoms with E-state index in [0.717, 1.165) is 0 Å². The first-order chi connectivity index (χ1) is 10.1. The summed E-state index contributed by atoms with van der Waals surface area (Å²) in [6, 6.07) is 0. The fraction of sp³-hybridized carbons (Fsp3) is 0.500. The van der Waals surface area contributed by atoms with E-state index >= 15 is 0 Å². The van der Waals surface area contributed by atoms with Crippen molar-refractivity contribution in [2.24, 2.45) is 0 Å². The van der Waals surface area contributed by atoms with E-state index in [1.807, 2.05) is 0 Å². The summed E-state index contributed by atoms with van der Waals surface area (Å²) in [4.78, 5) is 20.7. The molecule has 1 saturated heterocycles. The largest absolute Gasteiger partial charge is 0.390 e. The summed E-state index contributed by atoms with van der Waals surface area (Å²) >= 11 is 0. The van der Waals surface area contributed by atoms with Crippen molar-refractivity contribution >= 4 is 25.2 Å². The monoisotopic (exact) mass is 314 g/mol. The van der Waals surface area contributed by atoms with Gasteiger partial charge in [-0.05, 0) is 0 Å². The van der Waals surface area contributed by atoms with Gasteiger partial charge in [0.1, 0.15) is 24.2 Å². The topological polar surface area (TPSA) is 146 Å². The Morgan fingerprint density at radius 3 is 3.10 bits per heavy atom. The molecule has 1 aliphatic heterocycles. The summed E-state index contributed by atoms with van der Waals surface area (Å²) in [6.07, 6.45) is 1.08. The van der Waals surface area contributed by atoms with Crippen LogP contribution >= 0.6 is 8.25 Å². The van der Waals surface area contributed by atoms with E-state index < -0.39 is 26.7 Å². The van der Waals surface area contributed by atoms with Gasteiger partial charge in [-0.1, -0.05) is 0 Å². The second-order valence-electron chi connectivity index (χ2n) is 4.55. The van der Waals surface area contributed by atoms with Gasteiger partial charge in [0.15, 0.2) is 11.5 Å². The Hall–Kier alpha value is -1.71. The van der Waals surface area contributed by atoms with Crippen LogP contribution in [-0.4, -0.2) is 48.3 Å². The van der Waals surface area contributed by atoms with Crippen molar-refractivity contribution in [1.82, 2.24) is 19.5 Å². The number of nitrogens with two attached hydrogens (primary N) is 1. The van der Waals surface area contributed by atoms with E-state index in [-0.39, 0.29) is 18.8 Å². The average Bonchev–Trinajstić information content (AvgIpc) is 3.01. The standard InChI is InChI=1S/C10H13N5O5P/c11-9-8-10(13-3-12-9)15(4-14-8)7-1-5(16)6(20-7)2-19-21(17)18/h3-7,16H,1-2H2,(H,17,18)(H2,11,12,13)/t5-,6+,7+/m0/s1. The normalized spacial score (nSPS) is 26.4. The molecule has 10 nitrogen and oxygen atoms in total. The second-order valence-corrected chi connectivity index (χ2v) is 5.28. The highest BCUT2D eigenvalue weighted by molar-refractivity contribution is 7.32. The highest BCUT2D eigenvalue weighted by Crippen LogP contribution is 2.32. The molecule has 1 unspecified atom stereocenters. The average molecular weight is 314 g/mol. The van der Waals surface area contributed by atoms with Gasteiger partial charge in [-0.15, -0.1) is 0 Å². The fourth-order valence-electron chi connectivity index (χ4n) is 2.25. The minimum atomic E-state index is -2.72. The van der Waals surface area contributed by atoms with Crippen LogP contribution in [-0.2, 0) is 13.8 Å². The van der Waals surface area contributed by atoms with Gasteiger partial charge in [-0.2, -0.15) is 0 Å². The zero-order valence-electron chi connectivity index (χ0n) is 10.7. The molecule has 1 aliphatic rings. The summed E-state index contributed by atoms with van der Waals surface area (Å²) < 4.78 is 22.4. The Labute approximate surface area is 119 Å². The van der Waals surface area contributed by atoms with Gasteiger partial charge in [0.2, 0.25) is 0 Å². The number of aliphatic hydroxyl groups is 1. The highest BCUT2D eigenvalue weighted by atomic mass is 31.1. The molecule has 113 valence electrons. The smallest absolute Gasteiger partial charge is 0.366 e. The number of rotatable bonds is 4. The summed E-state index contributed by atoms with van der Waals surface area (Å²) in [5, 5.41) is 9.93. The number of nitrogen functional groups attached to an aromatic ring is 1. The summed E-state index contributed by atoms with van der Waals surface area (Å²) in [5.74, 6) is 0.259. The molecule has 0 aliphatic carbocycles. The van der Waals surface area contributed by atoms with Gasteiger partial charge in [-0.3, -0.25) is 14.0 Å². The number of anilines is 1. The second kappa shape index (κ2) is 5.58. The molecule has 4 N–H and O–H groups in total. The number of fused-ring (bicyclic) bond motifs is 1. The van der Waals surface area contributed by atoms with E-state index in [9.17, 15) is 9.67 Å². The summed E-state index contributed by atoms with van der Waals surface area (Å²) in [7, 11) is -2.72. The van der Waals surface area contributed by atoms with Crippen LogP contribution < -0.4 is 5.73 Å². The SMILES string of the molecule is Nc1ncnc2c1ncn2[C@H]1C[C@H](O)[C@@H](CO[P](=O)O)O1. The maximum absolute atomic E-state index is 10.5. The zero-order valence-corrected chi connectivity index (χ0v) is 11.6. The van der Waals surface area contributed by atoms with E-state index in [2.05, 4.69) is 19.5 Å². The molecule has 1 fully saturated rings. The van der Waals surface area contributed by atoms with Gasteiger partial charge in [0.25, 0.3) is 0 Å². The molecule has 1 radical (unpaired) electrons. The number of aromatic nitrogens is 4. The maximum Gasteiger partial charge on any atom is 0.366 e. The van der Waals surface area contributed by atoms with Crippen molar-refractivity contribution in [2.45, 2.75) is 24.9 Å². The number of hydrogen-bond acceptors (Lipinski definition) is 8. The van der Waals surface area contributed by atoms with Crippen LogP contribution in [0, 0.1) is 0 Å². The lowest BCUT2D eigenvalue weighted by atomic mass is 10.2. The third-order valence-corrected chi connectivity index (χ3v) is 3.62. The van der Waals surface area contributed by atoms with Crippen LogP contribution in [0.5, 0.6) is 0 Å². The lowest BCUT2D eigenvalue weighted by Gasteiger charge is -2.14. The molecule has 2 aromatic rings. The number of nitrogens with zero attached hydrogens (tertiary/aromatic N) is 4. The van der Waals surface area contributed by atoms with Crippen molar-refractivity contribution in [3.63, 3.8) is 0 Å². The predicted octanol–water partition coefficient (Wildman–Crippen LogP) is -0.277. The van der Waals surface area contributed by atoms with Crippen LogP contribution in [0.3, 0.4) is 0 Å².